The van der Waals surface area contributed by atoms with Crippen molar-refractivity contribution in [3.63, 3.8) is 0 Å². The van der Waals surface area contributed by atoms with E-state index < -0.39 is 29.5 Å². The molecular formula is C30H45N3O6. The van der Waals surface area contributed by atoms with Crippen LogP contribution in [0, 0.1) is 17.3 Å². The number of carboxylic acid groups (broad SMARTS) is 1. The zero-order valence-corrected chi connectivity index (χ0v) is 24.4. The molecule has 2 heterocycles. The van der Waals surface area contributed by atoms with Crippen LogP contribution in [0.15, 0.2) is 18.2 Å². The monoisotopic (exact) mass is 543 g/mol. The van der Waals surface area contributed by atoms with Crippen molar-refractivity contribution in [1.29, 1.82) is 0 Å². The Morgan fingerprint density at radius 2 is 1.82 bits per heavy atom. The molecule has 1 saturated carbocycles. The van der Waals surface area contributed by atoms with E-state index in [0.29, 0.717) is 6.61 Å². The molecule has 4 rings (SSSR count). The second kappa shape index (κ2) is 11.4. The van der Waals surface area contributed by atoms with Crippen LogP contribution in [0.5, 0.6) is 0 Å². The highest BCUT2D eigenvalue weighted by molar-refractivity contribution is 5.97. The largest absolute Gasteiger partial charge is 0.481 e. The van der Waals surface area contributed by atoms with Crippen molar-refractivity contribution >= 4 is 29.3 Å². The third-order valence-corrected chi connectivity index (χ3v) is 7.70. The number of carbonyl (C=O) groups excluding carboxylic acids is 2. The van der Waals surface area contributed by atoms with Gasteiger partial charge in [-0.25, -0.2) is 4.79 Å². The van der Waals surface area contributed by atoms with Gasteiger partial charge in [-0.05, 0) is 76.0 Å². The third-order valence-electron chi connectivity index (χ3n) is 7.70. The molecule has 1 aromatic carbocycles. The van der Waals surface area contributed by atoms with Crippen LogP contribution in [0.4, 0.5) is 16.2 Å². The first-order valence-electron chi connectivity index (χ1n) is 14.2. The average molecular weight is 544 g/mol. The van der Waals surface area contributed by atoms with Crippen LogP contribution in [-0.4, -0.2) is 79.5 Å². The number of fused-ring (bicyclic) bond motifs is 1. The number of piperidine rings is 1. The standard InChI is InChI=1S/C30H45N3O6/c1-29(2,3)39-28(37)32-17-21(14-22(18-32)27(35)36)26(34)33(23-10-11-23)24-9-8-20-16-30(4,5)19-31(25(20)15-24)12-7-13-38-6/h8-9,15,21-23H,7,10-14,16-19H2,1-6H3,(H,35,36)/t21-,22+/m1/s1. The van der Waals surface area contributed by atoms with Crippen LogP contribution in [-0.2, 0) is 25.5 Å². The number of nitrogens with zero attached hydrogens (tertiary/aromatic N) is 3. The molecule has 2 amide bonds. The Labute approximate surface area is 232 Å². The van der Waals surface area contributed by atoms with Crippen LogP contribution < -0.4 is 9.80 Å². The average Bonchev–Trinajstić information content (AvgIpc) is 3.67. The van der Waals surface area contributed by atoms with E-state index in [1.165, 1.54) is 10.5 Å². The normalized spacial score (nSPS) is 22.7. The van der Waals surface area contributed by atoms with Gasteiger partial charge in [-0.2, -0.15) is 0 Å². The smallest absolute Gasteiger partial charge is 0.410 e. The Balaban J connectivity index is 1.60. The lowest BCUT2D eigenvalue weighted by atomic mass is 9.81. The molecule has 1 aliphatic carbocycles. The lowest BCUT2D eigenvalue weighted by Gasteiger charge is -2.42. The lowest BCUT2D eigenvalue weighted by molar-refractivity contribution is -0.144. The summed E-state index contributed by atoms with van der Waals surface area (Å²) in [7, 11) is 1.72. The van der Waals surface area contributed by atoms with Crippen molar-refractivity contribution in [3.8, 4) is 0 Å². The summed E-state index contributed by atoms with van der Waals surface area (Å²) < 4.78 is 10.8. The summed E-state index contributed by atoms with van der Waals surface area (Å²) in [6, 6.07) is 6.41. The van der Waals surface area contributed by atoms with Gasteiger partial charge in [-0.1, -0.05) is 19.9 Å². The van der Waals surface area contributed by atoms with Crippen LogP contribution in [0.2, 0.25) is 0 Å². The molecule has 1 aromatic rings. The Bertz CT molecular complexity index is 1080. The van der Waals surface area contributed by atoms with Gasteiger partial charge in [0.25, 0.3) is 0 Å². The Morgan fingerprint density at radius 3 is 2.44 bits per heavy atom. The fraction of sp³-hybridized carbons (Fsp3) is 0.700. The Hall–Kier alpha value is -2.81. The van der Waals surface area contributed by atoms with E-state index in [4.69, 9.17) is 9.47 Å². The molecule has 2 aliphatic heterocycles. The molecule has 216 valence electrons. The highest BCUT2D eigenvalue weighted by atomic mass is 16.6. The van der Waals surface area contributed by atoms with Gasteiger partial charge in [0.05, 0.1) is 11.8 Å². The minimum absolute atomic E-state index is 0.0442. The molecule has 9 heteroatoms. The summed E-state index contributed by atoms with van der Waals surface area (Å²) in [5.41, 5.74) is 2.71. The SMILES string of the molecule is COCCCN1CC(C)(C)Cc2ccc(N(C(=O)[C@@H]3C[C@H](C(=O)O)CN(C(=O)OC(C)(C)C)C3)C3CC3)cc21. The van der Waals surface area contributed by atoms with Gasteiger partial charge in [0.2, 0.25) is 5.91 Å². The number of carbonyl (C=O) groups is 3. The highest BCUT2D eigenvalue weighted by Gasteiger charge is 2.43. The van der Waals surface area contributed by atoms with Crippen molar-refractivity contribution in [3.05, 3.63) is 23.8 Å². The number of likely N-dealkylation sites (tertiary alicyclic amines) is 1. The van der Waals surface area contributed by atoms with E-state index in [9.17, 15) is 19.5 Å². The van der Waals surface area contributed by atoms with Crippen molar-refractivity contribution in [2.24, 2.45) is 17.3 Å². The van der Waals surface area contributed by atoms with Crippen molar-refractivity contribution in [1.82, 2.24) is 4.90 Å². The summed E-state index contributed by atoms with van der Waals surface area (Å²) in [6.45, 7) is 12.6. The maximum absolute atomic E-state index is 14.1. The number of rotatable bonds is 8. The number of hydrogen-bond acceptors (Lipinski definition) is 6. The molecule has 0 unspecified atom stereocenters. The molecule has 1 saturated heterocycles. The molecule has 9 nitrogen and oxygen atoms in total. The van der Waals surface area contributed by atoms with E-state index in [2.05, 4.69) is 30.9 Å². The summed E-state index contributed by atoms with van der Waals surface area (Å²) >= 11 is 0. The van der Waals surface area contributed by atoms with E-state index in [1.807, 2.05) is 11.0 Å². The number of methoxy groups -OCH3 is 1. The first-order valence-corrected chi connectivity index (χ1v) is 14.2. The zero-order chi connectivity index (χ0) is 28.5. The quantitative estimate of drug-likeness (QED) is 0.480. The third kappa shape index (κ3) is 7.24. The van der Waals surface area contributed by atoms with E-state index in [-0.39, 0.29) is 36.9 Å². The first kappa shape index (κ1) is 29.2. The number of aliphatic carboxylic acids is 1. The van der Waals surface area contributed by atoms with Crippen molar-refractivity contribution in [2.75, 3.05) is 49.7 Å². The molecule has 2 atom stereocenters. The second-order valence-corrected chi connectivity index (χ2v) is 13.2. The number of amides is 2. The minimum Gasteiger partial charge on any atom is -0.481 e. The predicted molar refractivity (Wildman–Crippen MR) is 150 cm³/mol. The summed E-state index contributed by atoms with van der Waals surface area (Å²) in [4.78, 5) is 44.6. The number of benzene rings is 1. The molecule has 39 heavy (non-hydrogen) atoms. The molecule has 0 radical (unpaired) electrons. The van der Waals surface area contributed by atoms with Gasteiger partial charge < -0.3 is 29.3 Å². The van der Waals surface area contributed by atoms with Crippen molar-refractivity contribution < 1.29 is 29.0 Å². The molecule has 0 aromatic heterocycles. The summed E-state index contributed by atoms with van der Waals surface area (Å²) in [5.74, 6) is -2.54. The van der Waals surface area contributed by atoms with Gasteiger partial charge in [-0.15, -0.1) is 0 Å². The maximum Gasteiger partial charge on any atom is 0.410 e. The van der Waals surface area contributed by atoms with Gasteiger partial charge in [0.1, 0.15) is 5.60 Å². The molecule has 3 aliphatic rings. The number of anilines is 2. The summed E-state index contributed by atoms with van der Waals surface area (Å²) in [6.07, 6.45) is 3.34. The molecule has 2 fully saturated rings. The first-order chi connectivity index (χ1) is 18.3. The Kier molecular flexibility index (Phi) is 8.50. The minimum atomic E-state index is -0.998. The van der Waals surface area contributed by atoms with Gasteiger partial charge >= 0.3 is 12.1 Å². The predicted octanol–water partition coefficient (Wildman–Crippen LogP) is 4.57. The number of carboxylic acids is 1. The van der Waals surface area contributed by atoms with Crippen LogP contribution in [0.25, 0.3) is 0 Å². The molecule has 0 bridgehead atoms. The number of ether oxygens (including phenoxy) is 2. The fourth-order valence-corrected chi connectivity index (χ4v) is 5.90. The summed E-state index contributed by atoms with van der Waals surface area (Å²) in [5, 5.41) is 9.82. The van der Waals surface area contributed by atoms with Crippen LogP contribution in [0.1, 0.15) is 65.9 Å². The van der Waals surface area contributed by atoms with E-state index in [0.717, 1.165) is 50.1 Å². The van der Waals surface area contributed by atoms with Crippen LogP contribution in [0.3, 0.4) is 0 Å². The topological polar surface area (TPSA) is 99.6 Å². The van der Waals surface area contributed by atoms with E-state index in [1.54, 1.807) is 27.9 Å². The molecule has 1 N–H and O–H groups in total. The lowest BCUT2D eigenvalue weighted by Crippen LogP contribution is -2.52. The fourth-order valence-electron chi connectivity index (χ4n) is 5.90. The maximum atomic E-state index is 14.1. The Morgan fingerprint density at radius 1 is 1.13 bits per heavy atom. The van der Waals surface area contributed by atoms with Gasteiger partial charge in [0.15, 0.2) is 0 Å². The highest BCUT2D eigenvalue weighted by Crippen LogP contribution is 2.41. The zero-order valence-electron chi connectivity index (χ0n) is 24.4. The van der Waals surface area contributed by atoms with Gasteiger partial charge in [0, 0.05) is 57.3 Å². The second-order valence-electron chi connectivity index (χ2n) is 13.2. The van der Waals surface area contributed by atoms with Gasteiger partial charge in [-0.3, -0.25) is 9.59 Å². The molecule has 0 spiro atoms. The molecular weight excluding hydrogens is 498 g/mol. The van der Waals surface area contributed by atoms with Crippen molar-refractivity contribution in [2.45, 2.75) is 78.4 Å². The number of hydrogen-bond donors (Lipinski definition) is 1. The van der Waals surface area contributed by atoms with Crippen LogP contribution >= 0.6 is 0 Å². The van der Waals surface area contributed by atoms with E-state index >= 15 is 0 Å².